The molecule has 0 heterocycles. The van der Waals surface area contributed by atoms with E-state index in [1.54, 1.807) is 13.0 Å². The summed E-state index contributed by atoms with van der Waals surface area (Å²) < 4.78 is 0. The molecule has 14 heavy (non-hydrogen) atoms. The molecule has 1 rings (SSSR count). The maximum Gasteiger partial charge on any atom is 0.126 e. The lowest BCUT2D eigenvalue weighted by molar-refractivity contribution is 0.275. The Kier molecular flexibility index (Phi) is 3.33. The third-order valence-electron chi connectivity index (χ3n) is 2.27. The van der Waals surface area contributed by atoms with Gasteiger partial charge >= 0.3 is 0 Å². The van der Waals surface area contributed by atoms with Gasteiger partial charge in [0.2, 0.25) is 0 Å². The lowest BCUT2D eigenvalue weighted by Gasteiger charge is -2.14. The Morgan fingerprint density at radius 3 is 2.57 bits per heavy atom. The van der Waals surface area contributed by atoms with Crippen LogP contribution in [0.25, 0.3) is 0 Å². The summed E-state index contributed by atoms with van der Waals surface area (Å²) in [5.41, 5.74) is 6.69. The largest absolute Gasteiger partial charge is 0.508 e. The third kappa shape index (κ3) is 1.97. The molecular weight excluding hydrogens is 182 g/mol. The minimum absolute atomic E-state index is 0.00551. The zero-order valence-electron chi connectivity index (χ0n) is 8.07. The van der Waals surface area contributed by atoms with Gasteiger partial charge < -0.3 is 21.1 Å². The summed E-state index contributed by atoms with van der Waals surface area (Å²) in [4.78, 5) is 0. The molecule has 5 N–H and O–H groups in total. The van der Waals surface area contributed by atoms with Crippen LogP contribution >= 0.6 is 0 Å². The zero-order valence-corrected chi connectivity index (χ0v) is 8.07. The van der Waals surface area contributed by atoms with E-state index in [0.717, 1.165) is 0 Å². The standard InChI is InChI=1S/C10H15NO3/c1-6-9(13)3-2-7(10(6)14)8(11)4-5-12/h2-3,8,12-14H,4-5,11H2,1H3. The Hall–Kier alpha value is -1.26. The van der Waals surface area contributed by atoms with Crippen LogP contribution in [0.5, 0.6) is 11.5 Å². The van der Waals surface area contributed by atoms with Gasteiger partial charge in [0, 0.05) is 23.8 Å². The molecule has 1 aromatic rings. The Morgan fingerprint density at radius 1 is 1.36 bits per heavy atom. The molecule has 0 aliphatic carbocycles. The Bertz CT molecular complexity index is 325. The number of phenolic OH excluding ortho intramolecular Hbond substituents is 2. The molecule has 0 radical (unpaired) electrons. The van der Waals surface area contributed by atoms with Gasteiger partial charge in [-0.3, -0.25) is 0 Å². The highest BCUT2D eigenvalue weighted by molar-refractivity contribution is 5.48. The molecule has 0 bridgehead atoms. The van der Waals surface area contributed by atoms with E-state index >= 15 is 0 Å². The Balaban J connectivity index is 3.04. The lowest BCUT2D eigenvalue weighted by Crippen LogP contribution is -2.12. The van der Waals surface area contributed by atoms with Crippen LogP contribution in [-0.2, 0) is 0 Å². The van der Waals surface area contributed by atoms with Gasteiger partial charge in [-0.2, -0.15) is 0 Å². The van der Waals surface area contributed by atoms with Crippen LogP contribution in [0.3, 0.4) is 0 Å². The van der Waals surface area contributed by atoms with Crippen LogP contribution in [0, 0.1) is 6.92 Å². The quantitative estimate of drug-likeness (QED) is 0.577. The molecule has 1 unspecified atom stereocenters. The molecule has 4 nitrogen and oxygen atoms in total. The number of aliphatic hydroxyl groups is 1. The summed E-state index contributed by atoms with van der Waals surface area (Å²) in [7, 11) is 0. The summed E-state index contributed by atoms with van der Waals surface area (Å²) in [6.45, 7) is 1.58. The molecule has 0 aliphatic heterocycles. The van der Waals surface area contributed by atoms with E-state index < -0.39 is 6.04 Å². The summed E-state index contributed by atoms with van der Waals surface area (Å²) in [6.07, 6.45) is 0.387. The molecule has 0 saturated carbocycles. The van der Waals surface area contributed by atoms with Crippen LogP contribution in [0.2, 0.25) is 0 Å². The summed E-state index contributed by atoms with van der Waals surface area (Å²) in [6, 6.07) is 2.65. The Labute approximate surface area is 82.6 Å². The van der Waals surface area contributed by atoms with Crippen molar-refractivity contribution in [1.29, 1.82) is 0 Å². The number of hydrogen-bond acceptors (Lipinski definition) is 4. The number of benzene rings is 1. The fourth-order valence-electron chi connectivity index (χ4n) is 1.30. The van der Waals surface area contributed by atoms with Crippen molar-refractivity contribution in [3.8, 4) is 11.5 Å². The van der Waals surface area contributed by atoms with Crippen molar-refractivity contribution in [2.75, 3.05) is 6.61 Å². The topological polar surface area (TPSA) is 86.7 Å². The number of aromatic hydroxyl groups is 2. The summed E-state index contributed by atoms with van der Waals surface area (Å²) >= 11 is 0. The van der Waals surface area contributed by atoms with E-state index in [2.05, 4.69) is 0 Å². The monoisotopic (exact) mass is 197 g/mol. The van der Waals surface area contributed by atoms with Crippen LogP contribution < -0.4 is 5.73 Å². The maximum atomic E-state index is 9.65. The van der Waals surface area contributed by atoms with Gasteiger partial charge in [0.1, 0.15) is 11.5 Å². The highest BCUT2D eigenvalue weighted by atomic mass is 16.3. The number of phenols is 2. The molecule has 0 fully saturated rings. The van der Waals surface area contributed by atoms with Crippen molar-refractivity contribution in [3.05, 3.63) is 23.3 Å². The van der Waals surface area contributed by atoms with Crippen molar-refractivity contribution in [1.82, 2.24) is 0 Å². The van der Waals surface area contributed by atoms with Crippen LogP contribution in [-0.4, -0.2) is 21.9 Å². The first-order valence-corrected chi connectivity index (χ1v) is 4.45. The molecule has 78 valence electrons. The van der Waals surface area contributed by atoms with Crippen molar-refractivity contribution >= 4 is 0 Å². The average Bonchev–Trinajstić information content (AvgIpc) is 2.15. The highest BCUT2D eigenvalue weighted by Crippen LogP contribution is 2.33. The number of hydrogen-bond donors (Lipinski definition) is 4. The molecule has 0 spiro atoms. The van der Waals surface area contributed by atoms with E-state index in [1.807, 2.05) is 0 Å². The van der Waals surface area contributed by atoms with Crippen molar-refractivity contribution in [3.63, 3.8) is 0 Å². The van der Waals surface area contributed by atoms with Crippen molar-refractivity contribution < 1.29 is 15.3 Å². The van der Waals surface area contributed by atoms with Gasteiger partial charge in [-0.15, -0.1) is 0 Å². The predicted octanol–water partition coefficient (Wildman–Crippen LogP) is 0.788. The first-order chi connectivity index (χ1) is 6.57. The predicted molar refractivity (Wildman–Crippen MR) is 53.1 cm³/mol. The fourth-order valence-corrected chi connectivity index (χ4v) is 1.30. The lowest BCUT2D eigenvalue weighted by atomic mass is 10.0. The minimum Gasteiger partial charge on any atom is -0.508 e. The second kappa shape index (κ2) is 4.30. The zero-order chi connectivity index (χ0) is 10.7. The van der Waals surface area contributed by atoms with Crippen molar-refractivity contribution in [2.45, 2.75) is 19.4 Å². The molecule has 0 saturated heterocycles. The van der Waals surface area contributed by atoms with Gasteiger partial charge in [0.25, 0.3) is 0 Å². The number of aliphatic hydroxyl groups excluding tert-OH is 1. The first-order valence-electron chi connectivity index (χ1n) is 4.45. The van der Waals surface area contributed by atoms with E-state index in [1.165, 1.54) is 6.07 Å². The molecule has 4 heteroatoms. The van der Waals surface area contributed by atoms with Gasteiger partial charge in [-0.1, -0.05) is 6.07 Å². The third-order valence-corrected chi connectivity index (χ3v) is 2.27. The van der Waals surface area contributed by atoms with Gasteiger partial charge in [-0.25, -0.2) is 0 Å². The first kappa shape index (κ1) is 10.8. The molecule has 1 aromatic carbocycles. The molecular formula is C10H15NO3. The van der Waals surface area contributed by atoms with E-state index in [-0.39, 0.29) is 18.1 Å². The normalized spacial score (nSPS) is 12.8. The second-order valence-corrected chi connectivity index (χ2v) is 3.27. The fraction of sp³-hybridized carbons (Fsp3) is 0.400. The molecule has 0 amide bonds. The second-order valence-electron chi connectivity index (χ2n) is 3.27. The number of rotatable bonds is 3. The highest BCUT2D eigenvalue weighted by Gasteiger charge is 2.13. The summed E-state index contributed by atoms with van der Waals surface area (Å²) in [5, 5.41) is 27.6. The SMILES string of the molecule is Cc1c(O)ccc(C(N)CCO)c1O. The van der Waals surface area contributed by atoms with E-state index in [9.17, 15) is 10.2 Å². The van der Waals surface area contributed by atoms with Crippen LogP contribution in [0.4, 0.5) is 0 Å². The summed E-state index contributed by atoms with van der Waals surface area (Å²) in [5.74, 6) is 0.0494. The van der Waals surface area contributed by atoms with Gasteiger partial charge in [0.15, 0.2) is 0 Å². The van der Waals surface area contributed by atoms with Gasteiger partial charge in [-0.05, 0) is 19.4 Å². The average molecular weight is 197 g/mol. The molecule has 0 aromatic heterocycles. The van der Waals surface area contributed by atoms with E-state index in [0.29, 0.717) is 17.5 Å². The Morgan fingerprint density at radius 2 is 2.00 bits per heavy atom. The number of nitrogens with two attached hydrogens (primary N) is 1. The van der Waals surface area contributed by atoms with E-state index in [4.69, 9.17) is 10.8 Å². The molecule has 1 atom stereocenters. The molecule has 0 aliphatic rings. The van der Waals surface area contributed by atoms with Crippen LogP contribution in [0.1, 0.15) is 23.6 Å². The minimum atomic E-state index is -0.403. The van der Waals surface area contributed by atoms with Crippen LogP contribution in [0.15, 0.2) is 12.1 Å². The smallest absolute Gasteiger partial charge is 0.126 e. The van der Waals surface area contributed by atoms with Gasteiger partial charge in [0.05, 0.1) is 0 Å². The maximum absolute atomic E-state index is 9.65. The van der Waals surface area contributed by atoms with Crippen molar-refractivity contribution in [2.24, 2.45) is 5.73 Å².